The molecule has 1 unspecified atom stereocenters. The second-order valence-electron chi connectivity index (χ2n) is 6.42. The third-order valence-corrected chi connectivity index (χ3v) is 4.60. The summed E-state index contributed by atoms with van der Waals surface area (Å²) in [4.78, 5) is 25.6. The summed E-state index contributed by atoms with van der Waals surface area (Å²) in [7, 11) is 1.50. The highest BCUT2D eigenvalue weighted by molar-refractivity contribution is 6.09. The number of benzene rings is 2. The van der Waals surface area contributed by atoms with Crippen molar-refractivity contribution in [2.75, 3.05) is 18.5 Å². The molecule has 3 rings (SSSR count). The Balaban J connectivity index is 1.59. The maximum Gasteiger partial charge on any atom is 0.416 e. The molecule has 0 aliphatic carbocycles. The highest BCUT2D eigenvalue weighted by Gasteiger charge is 2.37. The summed E-state index contributed by atoms with van der Waals surface area (Å²) in [5.41, 5.74) is 0.574. The van der Waals surface area contributed by atoms with Gasteiger partial charge in [-0.2, -0.15) is 13.2 Å². The quantitative estimate of drug-likeness (QED) is 0.794. The van der Waals surface area contributed by atoms with Crippen molar-refractivity contribution in [3.8, 4) is 5.75 Å². The van der Waals surface area contributed by atoms with Crippen LogP contribution in [0, 0.1) is 5.92 Å². The van der Waals surface area contributed by atoms with Gasteiger partial charge in [0.1, 0.15) is 18.3 Å². The predicted octanol–water partition coefficient (Wildman–Crippen LogP) is 3.38. The van der Waals surface area contributed by atoms with E-state index in [1.165, 1.54) is 19.2 Å². The lowest BCUT2D eigenvalue weighted by Gasteiger charge is -2.17. The summed E-state index contributed by atoms with van der Waals surface area (Å²) in [6, 6.07) is 11.6. The first-order chi connectivity index (χ1) is 13.3. The number of nitrogens with one attached hydrogen (secondary N) is 1. The number of halogens is 3. The minimum absolute atomic E-state index is 0.124. The van der Waals surface area contributed by atoms with E-state index in [-0.39, 0.29) is 18.4 Å². The van der Waals surface area contributed by atoms with Gasteiger partial charge in [-0.25, -0.2) is 0 Å². The predicted molar refractivity (Wildman–Crippen MR) is 96.7 cm³/mol. The van der Waals surface area contributed by atoms with E-state index in [2.05, 4.69) is 5.32 Å². The van der Waals surface area contributed by atoms with Crippen LogP contribution in [-0.4, -0.2) is 25.4 Å². The number of hydrogen-bond acceptors (Lipinski definition) is 3. The van der Waals surface area contributed by atoms with Crippen LogP contribution in [0.15, 0.2) is 48.5 Å². The largest absolute Gasteiger partial charge is 0.489 e. The molecular formula is C20H19F3N2O3. The molecule has 1 saturated heterocycles. The van der Waals surface area contributed by atoms with E-state index < -0.39 is 17.7 Å². The van der Waals surface area contributed by atoms with E-state index in [0.717, 1.165) is 12.1 Å². The molecular weight excluding hydrogens is 373 g/mol. The van der Waals surface area contributed by atoms with Crippen LogP contribution in [0.1, 0.15) is 17.5 Å². The number of anilines is 1. The van der Waals surface area contributed by atoms with E-state index in [1.54, 1.807) is 29.2 Å². The molecule has 0 bridgehead atoms. The van der Waals surface area contributed by atoms with Gasteiger partial charge in [-0.1, -0.05) is 12.1 Å². The maximum absolute atomic E-state index is 12.6. The minimum Gasteiger partial charge on any atom is -0.489 e. The SMILES string of the molecule is CNC(=O)C1CCN(c2ccc(OCc3ccc(C(F)(F)F)cc3)cc2)C1=O. The molecule has 148 valence electrons. The number of rotatable bonds is 5. The second kappa shape index (κ2) is 7.92. The maximum atomic E-state index is 12.6. The summed E-state index contributed by atoms with van der Waals surface area (Å²) in [5.74, 6) is -0.666. The molecule has 0 spiro atoms. The Labute approximate surface area is 160 Å². The number of carbonyl (C=O) groups excluding carboxylic acids is 2. The molecule has 28 heavy (non-hydrogen) atoms. The molecule has 5 nitrogen and oxygen atoms in total. The zero-order valence-electron chi connectivity index (χ0n) is 15.1. The minimum atomic E-state index is -4.36. The fourth-order valence-corrected chi connectivity index (χ4v) is 3.03. The third kappa shape index (κ3) is 4.27. The highest BCUT2D eigenvalue weighted by atomic mass is 19.4. The van der Waals surface area contributed by atoms with Crippen molar-refractivity contribution in [2.45, 2.75) is 19.2 Å². The van der Waals surface area contributed by atoms with E-state index >= 15 is 0 Å². The normalized spacial score (nSPS) is 16.9. The van der Waals surface area contributed by atoms with Crippen molar-refractivity contribution in [2.24, 2.45) is 5.92 Å². The number of amides is 2. The molecule has 1 N–H and O–H groups in total. The summed E-state index contributed by atoms with van der Waals surface area (Å²) in [6.45, 7) is 0.585. The standard InChI is InChI=1S/C20H19F3N2O3/c1-24-18(26)17-10-11-25(19(17)27)15-6-8-16(9-7-15)28-12-13-2-4-14(5-3-13)20(21,22)23/h2-9,17H,10-12H2,1H3,(H,24,26). The first kappa shape index (κ1) is 19.7. The van der Waals surface area contributed by atoms with Gasteiger partial charge in [-0.3, -0.25) is 9.59 Å². The van der Waals surface area contributed by atoms with Gasteiger partial charge in [0.15, 0.2) is 0 Å². The van der Waals surface area contributed by atoms with Crippen LogP contribution in [0.3, 0.4) is 0 Å². The smallest absolute Gasteiger partial charge is 0.416 e. The lowest BCUT2D eigenvalue weighted by atomic mass is 10.1. The number of hydrogen-bond donors (Lipinski definition) is 1. The molecule has 2 amide bonds. The van der Waals surface area contributed by atoms with E-state index in [4.69, 9.17) is 4.74 Å². The Morgan fingerprint density at radius 1 is 1.14 bits per heavy atom. The third-order valence-electron chi connectivity index (χ3n) is 4.60. The Morgan fingerprint density at radius 2 is 1.79 bits per heavy atom. The molecule has 0 radical (unpaired) electrons. The van der Waals surface area contributed by atoms with Crippen LogP contribution >= 0.6 is 0 Å². The Morgan fingerprint density at radius 3 is 2.36 bits per heavy atom. The van der Waals surface area contributed by atoms with Gasteiger partial charge in [0.25, 0.3) is 0 Å². The van der Waals surface area contributed by atoms with Crippen molar-refractivity contribution in [1.82, 2.24) is 5.32 Å². The molecule has 1 aliphatic rings. The second-order valence-corrected chi connectivity index (χ2v) is 6.42. The highest BCUT2D eigenvalue weighted by Crippen LogP contribution is 2.30. The monoisotopic (exact) mass is 392 g/mol. The van der Waals surface area contributed by atoms with Crippen molar-refractivity contribution < 1.29 is 27.5 Å². The van der Waals surface area contributed by atoms with Crippen LogP contribution in [0.5, 0.6) is 5.75 Å². The lowest BCUT2D eigenvalue weighted by Crippen LogP contribution is -2.35. The first-order valence-electron chi connectivity index (χ1n) is 8.71. The molecule has 1 aliphatic heterocycles. The number of alkyl halides is 3. The lowest BCUT2D eigenvalue weighted by molar-refractivity contribution is -0.137. The summed E-state index contributed by atoms with van der Waals surface area (Å²) < 4.78 is 43.3. The van der Waals surface area contributed by atoms with Gasteiger partial charge in [0.2, 0.25) is 11.8 Å². The molecule has 1 heterocycles. The molecule has 0 saturated carbocycles. The fourth-order valence-electron chi connectivity index (χ4n) is 3.03. The Bertz CT molecular complexity index is 848. The topological polar surface area (TPSA) is 58.6 Å². The van der Waals surface area contributed by atoms with Crippen molar-refractivity contribution in [1.29, 1.82) is 0 Å². The van der Waals surface area contributed by atoms with Gasteiger partial charge < -0.3 is 15.0 Å². The summed E-state index contributed by atoms with van der Waals surface area (Å²) in [5, 5.41) is 2.49. The molecule has 8 heteroatoms. The van der Waals surface area contributed by atoms with Crippen molar-refractivity contribution in [3.63, 3.8) is 0 Å². The van der Waals surface area contributed by atoms with Crippen LogP contribution < -0.4 is 15.0 Å². The van der Waals surface area contributed by atoms with Gasteiger partial charge in [-0.05, 0) is 48.4 Å². The van der Waals surface area contributed by atoms with Crippen LogP contribution in [0.2, 0.25) is 0 Å². The zero-order valence-corrected chi connectivity index (χ0v) is 15.1. The van der Waals surface area contributed by atoms with Gasteiger partial charge in [-0.15, -0.1) is 0 Å². The Hall–Kier alpha value is -3.03. The zero-order chi connectivity index (χ0) is 20.3. The average molecular weight is 392 g/mol. The number of carbonyl (C=O) groups is 2. The van der Waals surface area contributed by atoms with Crippen molar-refractivity contribution >= 4 is 17.5 Å². The average Bonchev–Trinajstić information content (AvgIpc) is 3.07. The number of ether oxygens (including phenoxy) is 1. The van der Waals surface area contributed by atoms with Crippen LogP contribution in [0.4, 0.5) is 18.9 Å². The molecule has 1 atom stereocenters. The summed E-state index contributed by atoms with van der Waals surface area (Å²) in [6.07, 6.45) is -3.90. The van der Waals surface area contributed by atoms with Gasteiger partial charge in [0, 0.05) is 19.3 Å². The van der Waals surface area contributed by atoms with E-state index in [9.17, 15) is 22.8 Å². The van der Waals surface area contributed by atoms with Crippen LogP contribution in [-0.2, 0) is 22.4 Å². The molecule has 1 fully saturated rings. The number of nitrogens with zero attached hydrogens (tertiary/aromatic N) is 1. The molecule has 2 aromatic rings. The Kier molecular flexibility index (Phi) is 5.58. The molecule has 2 aromatic carbocycles. The van der Waals surface area contributed by atoms with E-state index in [0.29, 0.717) is 30.0 Å². The van der Waals surface area contributed by atoms with Crippen molar-refractivity contribution in [3.05, 3.63) is 59.7 Å². The van der Waals surface area contributed by atoms with E-state index in [1.807, 2.05) is 0 Å². The first-order valence-corrected chi connectivity index (χ1v) is 8.71. The summed E-state index contributed by atoms with van der Waals surface area (Å²) >= 11 is 0. The fraction of sp³-hybridized carbons (Fsp3) is 0.300. The molecule has 0 aromatic heterocycles. The van der Waals surface area contributed by atoms with Gasteiger partial charge >= 0.3 is 6.18 Å². The van der Waals surface area contributed by atoms with Crippen LogP contribution in [0.25, 0.3) is 0 Å². The van der Waals surface area contributed by atoms with Gasteiger partial charge in [0.05, 0.1) is 5.56 Å².